The summed E-state index contributed by atoms with van der Waals surface area (Å²) in [5.74, 6) is -1.42. The maximum absolute atomic E-state index is 13.0. The lowest BCUT2D eigenvalue weighted by Gasteiger charge is -2.14. The minimum atomic E-state index is -4.59. The van der Waals surface area contributed by atoms with E-state index in [1.807, 2.05) is 0 Å². The van der Waals surface area contributed by atoms with E-state index in [1.54, 1.807) is 0 Å². The number of alkyl halides is 3. The van der Waals surface area contributed by atoms with Crippen LogP contribution in [0, 0.1) is 0 Å². The first-order valence-corrected chi connectivity index (χ1v) is 8.66. The highest BCUT2D eigenvalue weighted by Gasteiger charge is 2.33. The van der Waals surface area contributed by atoms with Gasteiger partial charge in [0.05, 0.1) is 17.7 Å². The monoisotopic (exact) mass is 480 g/mol. The number of primary amides is 1. The molecule has 3 N–H and O–H groups in total. The predicted molar refractivity (Wildman–Crippen MR) is 99.8 cm³/mol. The molecule has 0 spiro atoms. The number of anilines is 1. The summed E-state index contributed by atoms with van der Waals surface area (Å²) in [7, 11) is 1.29. The van der Waals surface area contributed by atoms with E-state index >= 15 is 0 Å². The molecule has 0 bridgehead atoms. The minimum Gasteiger partial charge on any atom is -0.493 e. The Bertz CT molecular complexity index is 922. The number of nitrogens with two attached hydrogens (primary N) is 1. The molecule has 0 aliphatic heterocycles. The SMILES string of the molecule is COc1cc(C(=O)Nc2ccc(Br)c(C(F)(F)F)c2)cc(Cl)c1OCC(N)=O. The third kappa shape index (κ3) is 5.29. The van der Waals surface area contributed by atoms with Gasteiger partial charge in [0.15, 0.2) is 18.1 Å². The molecule has 0 radical (unpaired) electrons. The molecule has 0 aromatic heterocycles. The Labute approximate surface area is 170 Å². The van der Waals surface area contributed by atoms with Gasteiger partial charge in [0, 0.05) is 15.7 Å². The van der Waals surface area contributed by atoms with E-state index in [0.717, 1.165) is 6.07 Å². The van der Waals surface area contributed by atoms with Crippen molar-refractivity contribution < 1.29 is 32.2 Å². The number of methoxy groups -OCH3 is 1. The standard InChI is InChI=1S/C17H13BrClF3N2O4/c1-27-13-5-8(4-12(19)15(13)28-7-14(23)25)16(26)24-9-2-3-11(18)10(6-9)17(20,21)22/h2-6H,7H2,1H3,(H2,23,25)(H,24,26). The molecule has 0 heterocycles. The summed E-state index contributed by atoms with van der Waals surface area (Å²) in [5.41, 5.74) is 4.01. The second-order valence-electron chi connectivity index (χ2n) is 5.39. The number of ether oxygens (including phenoxy) is 2. The van der Waals surface area contributed by atoms with Crippen LogP contribution in [0.1, 0.15) is 15.9 Å². The van der Waals surface area contributed by atoms with Crippen molar-refractivity contribution in [3.8, 4) is 11.5 Å². The molecule has 150 valence electrons. The number of benzene rings is 2. The summed E-state index contributed by atoms with van der Waals surface area (Å²) >= 11 is 8.88. The first kappa shape index (κ1) is 21.8. The fourth-order valence-electron chi connectivity index (χ4n) is 2.16. The van der Waals surface area contributed by atoms with Gasteiger partial charge in [0.1, 0.15) is 0 Å². The van der Waals surface area contributed by atoms with Gasteiger partial charge in [-0.15, -0.1) is 0 Å². The van der Waals surface area contributed by atoms with Crippen molar-refractivity contribution in [2.24, 2.45) is 5.73 Å². The summed E-state index contributed by atoms with van der Waals surface area (Å²) in [6, 6.07) is 5.76. The molecule has 0 atom stereocenters. The number of rotatable bonds is 6. The molecule has 0 saturated carbocycles. The number of carbonyl (C=O) groups is 2. The van der Waals surface area contributed by atoms with Crippen molar-refractivity contribution in [2.75, 3.05) is 19.0 Å². The smallest absolute Gasteiger partial charge is 0.417 e. The topological polar surface area (TPSA) is 90.7 Å². The van der Waals surface area contributed by atoms with Crippen molar-refractivity contribution in [3.05, 3.63) is 51.0 Å². The van der Waals surface area contributed by atoms with E-state index in [2.05, 4.69) is 21.2 Å². The number of carbonyl (C=O) groups excluding carboxylic acids is 2. The van der Waals surface area contributed by atoms with Gasteiger partial charge < -0.3 is 20.5 Å². The summed E-state index contributed by atoms with van der Waals surface area (Å²) in [4.78, 5) is 23.3. The lowest BCUT2D eigenvalue weighted by atomic mass is 10.1. The Morgan fingerprint density at radius 1 is 1.25 bits per heavy atom. The molecule has 2 rings (SSSR count). The van der Waals surface area contributed by atoms with Crippen molar-refractivity contribution >= 4 is 45.0 Å². The van der Waals surface area contributed by atoms with Crippen molar-refractivity contribution in [1.82, 2.24) is 0 Å². The minimum absolute atomic E-state index is 0.00233. The van der Waals surface area contributed by atoms with E-state index in [4.69, 9.17) is 26.8 Å². The molecular formula is C17H13BrClF3N2O4. The molecule has 2 aromatic rings. The Morgan fingerprint density at radius 3 is 2.50 bits per heavy atom. The Balaban J connectivity index is 2.30. The van der Waals surface area contributed by atoms with Crippen LogP contribution in [0.15, 0.2) is 34.8 Å². The van der Waals surface area contributed by atoms with Crippen LogP contribution in [0.2, 0.25) is 5.02 Å². The van der Waals surface area contributed by atoms with Gasteiger partial charge in [-0.3, -0.25) is 9.59 Å². The fraction of sp³-hybridized carbons (Fsp3) is 0.176. The van der Waals surface area contributed by atoms with Crippen LogP contribution >= 0.6 is 27.5 Å². The van der Waals surface area contributed by atoms with Crippen LogP contribution in [-0.2, 0) is 11.0 Å². The van der Waals surface area contributed by atoms with Crippen LogP contribution in [0.5, 0.6) is 11.5 Å². The van der Waals surface area contributed by atoms with Crippen LogP contribution in [0.4, 0.5) is 18.9 Å². The highest BCUT2D eigenvalue weighted by molar-refractivity contribution is 9.10. The maximum Gasteiger partial charge on any atom is 0.417 e. The van der Waals surface area contributed by atoms with E-state index in [0.29, 0.717) is 0 Å². The zero-order valence-electron chi connectivity index (χ0n) is 14.2. The Hall–Kier alpha value is -2.46. The molecule has 28 heavy (non-hydrogen) atoms. The first-order chi connectivity index (χ1) is 13.0. The zero-order chi connectivity index (χ0) is 21.1. The molecule has 0 fully saturated rings. The lowest BCUT2D eigenvalue weighted by molar-refractivity contribution is -0.138. The zero-order valence-corrected chi connectivity index (χ0v) is 16.5. The van der Waals surface area contributed by atoms with E-state index in [1.165, 1.54) is 31.4 Å². The quantitative estimate of drug-likeness (QED) is 0.646. The van der Waals surface area contributed by atoms with Gasteiger partial charge in [-0.1, -0.05) is 27.5 Å². The van der Waals surface area contributed by atoms with Gasteiger partial charge in [0.2, 0.25) is 0 Å². The lowest BCUT2D eigenvalue weighted by Crippen LogP contribution is -2.20. The second kappa shape index (κ2) is 8.70. The number of hydrogen-bond donors (Lipinski definition) is 2. The highest BCUT2D eigenvalue weighted by Crippen LogP contribution is 2.38. The van der Waals surface area contributed by atoms with Gasteiger partial charge in [-0.25, -0.2) is 0 Å². The molecule has 0 aliphatic carbocycles. The summed E-state index contributed by atoms with van der Waals surface area (Å²) in [5, 5.41) is 2.31. The molecular weight excluding hydrogens is 469 g/mol. The maximum atomic E-state index is 13.0. The summed E-state index contributed by atoms with van der Waals surface area (Å²) in [6.45, 7) is -0.458. The van der Waals surface area contributed by atoms with Crippen molar-refractivity contribution in [3.63, 3.8) is 0 Å². The predicted octanol–water partition coefficient (Wildman–Crippen LogP) is 4.25. The number of hydrogen-bond acceptors (Lipinski definition) is 4. The fourth-order valence-corrected chi connectivity index (χ4v) is 2.89. The Kier molecular flexibility index (Phi) is 6.78. The third-order valence-corrected chi connectivity index (χ3v) is 4.35. The van der Waals surface area contributed by atoms with Crippen molar-refractivity contribution in [1.29, 1.82) is 0 Å². The van der Waals surface area contributed by atoms with E-state index in [-0.39, 0.29) is 32.2 Å². The Morgan fingerprint density at radius 2 is 1.93 bits per heavy atom. The largest absolute Gasteiger partial charge is 0.493 e. The molecule has 2 amide bonds. The van der Waals surface area contributed by atoms with Gasteiger partial charge >= 0.3 is 6.18 Å². The normalized spacial score (nSPS) is 11.1. The average Bonchev–Trinajstić information content (AvgIpc) is 2.60. The number of amides is 2. The van der Waals surface area contributed by atoms with Crippen LogP contribution in [0.3, 0.4) is 0 Å². The van der Waals surface area contributed by atoms with Crippen LogP contribution < -0.4 is 20.5 Å². The second-order valence-corrected chi connectivity index (χ2v) is 6.65. The van der Waals surface area contributed by atoms with Crippen molar-refractivity contribution in [2.45, 2.75) is 6.18 Å². The number of halogens is 5. The van der Waals surface area contributed by atoms with Gasteiger partial charge in [-0.05, 0) is 30.3 Å². The molecule has 0 unspecified atom stereocenters. The number of nitrogens with one attached hydrogen (secondary N) is 1. The summed E-state index contributed by atoms with van der Waals surface area (Å²) in [6.07, 6.45) is -4.59. The van der Waals surface area contributed by atoms with Crippen LogP contribution in [-0.4, -0.2) is 25.5 Å². The van der Waals surface area contributed by atoms with E-state index in [9.17, 15) is 22.8 Å². The van der Waals surface area contributed by atoms with Gasteiger partial charge in [-0.2, -0.15) is 13.2 Å². The molecule has 2 aromatic carbocycles. The first-order valence-electron chi connectivity index (χ1n) is 7.49. The highest BCUT2D eigenvalue weighted by atomic mass is 79.9. The summed E-state index contributed by atoms with van der Waals surface area (Å²) < 4.78 is 49.0. The molecule has 0 saturated heterocycles. The van der Waals surface area contributed by atoms with Crippen LogP contribution in [0.25, 0.3) is 0 Å². The molecule has 11 heteroatoms. The average molecular weight is 482 g/mol. The molecule has 6 nitrogen and oxygen atoms in total. The van der Waals surface area contributed by atoms with E-state index < -0.39 is 30.2 Å². The van der Waals surface area contributed by atoms with Gasteiger partial charge in [0.25, 0.3) is 11.8 Å². The molecule has 0 aliphatic rings. The third-order valence-electron chi connectivity index (χ3n) is 3.38.